The molecule has 0 unspecified atom stereocenters. The monoisotopic (exact) mass is 132 g/mol. The quantitative estimate of drug-likeness (QED) is 0.482. The first kappa shape index (κ1) is 8.88. The average molecular weight is 132 g/mol. The number of hydrogen-bond donors (Lipinski definition) is 2. The van der Waals surface area contributed by atoms with Gasteiger partial charge in [0.2, 0.25) is 0 Å². The fraction of sp³-hybridized carbons (Fsp3) is 1.00. The summed E-state index contributed by atoms with van der Waals surface area (Å²) in [5, 5.41) is 3.14. The molecule has 0 aromatic carbocycles. The van der Waals surface area contributed by atoms with Crippen molar-refractivity contribution in [1.82, 2.24) is 5.32 Å². The summed E-state index contributed by atoms with van der Waals surface area (Å²) in [6.45, 7) is 6.06. The maximum atomic E-state index is 5.20. The second-order valence-corrected chi connectivity index (χ2v) is 1.75. The lowest BCUT2D eigenvalue weighted by Crippen LogP contribution is -2.20. The van der Waals surface area contributed by atoms with Crippen molar-refractivity contribution in [3.63, 3.8) is 0 Å². The van der Waals surface area contributed by atoms with Gasteiger partial charge >= 0.3 is 0 Å². The van der Waals surface area contributed by atoms with E-state index in [-0.39, 0.29) is 0 Å². The molecule has 0 bridgehead atoms. The molecular formula is C6H16N2O. The molecule has 0 fully saturated rings. The van der Waals surface area contributed by atoms with E-state index in [9.17, 15) is 0 Å². The Labute approximate surface area is 56.6 Å². The summed E-state index contributed by atoms with van der Waals surface area (Å²) in [7, 11) is 0. The van der Waals surface area contributed by atoms with Gasteiger partial charge in [-0.3, -0.25) is 0 Å². The molecule has 0 radical (unpaired) electrons. The van der Waals surface area contributed by atoms with Crippen LogP contribution in [0.25, 0.3) is 0 Å². The molecule has 3 heteroatoms. The Morgan fingerprint density at radius 2 is 2.22 bits per heavy atom. The van der Waals surface area contributed by atoms with Crippen LogP contribution in [0.15, 0.2) is 0 Å². The zero-order valence-electron chi connectivity index (χ0n) is 6.02. The van der Waals surface area contributed by atoms with Gasteiger partial charge in [0.15, 0.2) is 0 Å². The van der Waals surface area contributed by atoms with Gasteiger partial charge < -0.3 is 15.8 Å². The average Bonchev–Trinajstić information content (AvgIpc) is 1.89. The fourth-order valence-corrected chi connectivity index (χ4v) is 0.507. The highest BCUT2D eigenvalue weighted by Gasteiger charge is 1.83. The van der Waals surface area contributed by atoms with Crippen LogP contribution in [-0.2, 0) is 4.74 Å². The molecule has 0 atom stereocenters. The number of hydrogen-bond acceptors (Lipinski definition) is 3. The molecule has 3 nitrogen and oxygen atoms in total. The van der Waals surface area contributed by atoms with Crippen molar-refractivity contribution in [2.45, 2.75) is 6.92 Å². The molecule has 0 aromatic rings. The Morgan fingerprint density at radius 3 is 2.78 bits per heavy atom. The third-order valence-corrected chi connectivity index (χ3v) is 0.935. The smallest absolute Gasteiger partial charge is 0.0591 e. The lowest BCUT2D eigenvalue weighted by Gasteiger charge is -2.01. The SMILES string of the molecule is CCNCCOCCN. The zero-order chi connectivity index (χ0) is 6.95. The van der Waals surface area contributed by atoms with Crippen molar-refractivity contribution in [1.29, 1.82) is 0 Å². The predicted octanol–water partition coefficient (Wildman–Crippen LogP) is -0.429. The number of nitrogens with one attached hydrogen (secondary N) is 1. The molecule has 0 aromatic heterocycles. The Morgan fingerprint density at radius 1 is 1.44 bits per heavy atom. The Kier molecular flexibility index (Phi) is 7.77. The molecular weight excluding hydrogens is 116 g/mol. The maximum Gasteiger partial charge on any atom is 0.0591 e. The highest BCUT2D eigenvalue weighted by atomic mass is 16.5. The first-order chi connectivity index (χ1) is 4.41. The molecule has 0 saturated heterocycles. The molecule has 0 aliphatic rings. The summed E-state index contributed by atoms with van der Waals surface area (Å²) >= 11 is 0. The molecule has 0 rings (SSSR count). The van der Waals surface area contributed by atoms with Gasteiger partial charge in [0.1, 0.15) is 0 Å². The molecule has 56 valence electrons. The molecule has 0 amide bonds. The van der Waals surface area contributed by atoms with E-state index in [1.54, 1.807) is 0 Å². The molecule has 3 N–H and O–H groups in total. The zero-order valence-corrected chi connectivity index (χ0v) is 6.02. The van der Waals surface area contributed by atoms with E-state index in [0.717, 1.165) is 19.7 Å². The normalized spacial score (nSPS) is 10.0. The van der Waals surface area contributed by atoms with Crippen LogP contribution >= 0.6 is 0 Å². The van der Waals surface area contributed by atoms with Crippen LogP contribution in [0, 0.1) is 0 Å². The Balaban J connectivity index is 2.60. The maximum absolute atomic E-state index is 5.20. The van der Waals surface area contributed by atoms with E-state index < -0.39 is 0 Å². The largest absolute Gasteiger partial charge is 0.379 e. The first-order valence-corrected chi connectivity index (χ1v) is 3.40. The Hall–Kier alpha value is -0.120. The summed E-state index contributed by atoms with van der Waals surface area (Å²) in [5.41, 5.74) is 5.20. The summed E-state index contributed by atoms with van der Waals surface area (Å²) in [6, 6.07) is 0. The molecule has 0 saturated carbocycles. The van der Waals surface area contributed by atoms with Crippen molar-refractivity contribution in [3.05, 3.63) is 0 Å². The molecule has 0 aliphatic carbocycles. The van der Waals surface area contributed by atoms with Crippen LogP contribution in [0.5, 0.6) is 0 Å². The van der Waals surface area contributed by atoms with E-state index in [1.165, 1.54) is 0 Å². The van der Waals surface area contributed by atoms with Gasteiger partial charge in [-0.25, -0.2) is 0 Å². The summed E-state index contributed by atoms with van der Waals surface area (Å²) in [4.78, 5) is 0. The van der Waals surface area contributed by atoms with Crippen molar-refractivity contribution < 1.29 is 4.74 Å². The number of nitrogens with two attached hydrogens (primary N) is 1. The number of likely N-dealkylation sites (N-methyl/N-ethyl adjacent to an activating group) is 1. The van der Waals surface area contributed by atoms with Gasteiger partial charge in [-0.2, -0.15) is 0 Å². The lowest BCUT2D eigenvalue weighted by atomic mass is 10.6. The van der Waals surface area contributed by atoms with Gasteiger partial charge in [0.05, 0.1) is 13.2 Å². The van der Waals surface area contributed by atoms with Crippen molar-refractivity contribution >= 4 is 0 Å². The van der Waals surface area contributed by atoms with Crippen LogP contribution in [0.1, 0.15) is 6.92 Å². The van der Waals surface area contributed by atoms with Crippen LogP contribution < -0.4 is 11.1 Å². The molecule has 9 heavy (non-hydrogen) atoms. The van der Waals surface area contributed by atoms with Gasteiger partial charge in [-0.1, -0.05) is 6.92 Å². The van der Waals surface area contributed by atoms with E-state index in [4.69, 9.17) is 10.5 Å². The highest BCUT2D eigenvalue weighted by molar-refractivity contribution is 4.39. The van der Waals surface area contributed by atoms with Crippen LogP contribution in [0.2, 0.25) is 0 Å². The van der Waals surface area contributed by atoms with E-state index in [1.807, 2.05) is 0 Å². The number of rotatable bonds is 6. The minimum Gasteiger partial charge on any atom is -0.379 e. The third-order valence-electron chi connectivity index (χ3n) is 0.935. The first-order valence-electron chi connectivity index (χ1n) is 3.40. The predicted molar refractivity (Wildman–Crippen MR) is 38.4 cm³/mol. The van der Waals surface area contributed by atoms with Crippen LogP contribution in [0.4, 0.5) is 0 Å². The molecule has 0 spiro atoms. The summed E-state index contributed by atoms with van der Waals surface area (Å²) in [5.74, 6) is 0. The fourth-order valence-electron chi connectivity index (χ4n) is 0.507. The van der Waals surface area contributed by atoms with Gasteiger partial charge in [0.25, 0.3) is 0 Å². The van der Waals surface area contributed by atoms with Crippen LogP contribution in [-0.4, -0.2) is 32.8 Å². The van der Waals surface area contributed by atoms with E-state index >= 15 is 0 Å². The summed E-state index contributed by atoms with van der Waals surface area (Å²) < 4.78 is 5.10. The minimum atomic E-state index is 0.617. The molecule has 0 aliphatic heterocycles. The van der Waals surface area contributed by atoms with Gasteiger partial charge in [0, 0.05) is 13.1 Å². The number of ether oxygens (including phenoxy) is 1. The Bertz CT molecular complexity index is 44.3. The van der Waals surface area contributed by atoms with E-state index in [0.29, 0.717) is 13.2 Å². The standard InChI is InChI=1S/C6H16N2O/c1-2-8-4-6-9-5-3-7/h8H,2-7H2,1H3. The van der Waals surface area contributed by atoms with Crippen molar-refractivity contribution in [2.75, 3.05) is 32.8 Å². The summed E-state index contributed by atoms with van der Waals surface area (Å²) in [6.07, 6.45) is 0. The van der Waals surface area contributed by atoms with Crippen molar-refractivity contribution in [3.8, 4) is 0 Å². The highest BCUT2D eigenvalue weighted by Crippen LogP contribution is 1.68. The third kappa shape index (κ3) is 7.88. The topological polar surface area (TPSA) is 47.3 Å². The van der Waals surface area contributed by atoms with E-state index in [2.05, 4.69) is 12.2 Å². The van der Waals surface area contributed by atoms with Crippen molar-refractivity contribution in [2.24, 2.45) is 5.73 Å². The lowest BCUT2D eigenvalue weighted by molar-refractivity contribution is 0.143. The minimum absolute atomic E-state index is 0.617. The molecule has 0 heterocycles. The second-order valence-electron chi connectivity index (χ2n) is 1.75. The van der Waals surface area contributed by atoms with Gasteiger partial charge in [-0.05, 0) is 6.54 Å². The van der Waals surface area contributed by atoms with Gasteiger partial charge in [-0.15, -0.1) is 0 Å². The second kappa shape index (κ2) is 7.88. The van der Waals surface area contributed by atoms with Crippen LogP contribution in [0.3, 0.4) is 0 Å².